The molecule has 0 aromatic heterocycles. The normalized spacial score (nSPS) is 13.9. The molecule has 1 amide bonds. The van der Waals surface area contributed by atoms with Gasteiger partial charge in [-0.3, -0.25) is 0 Å². The van der Waals surface area contributed by atoms with Gasteiger partial charge in [0.25, 0.3) is 0 Å². The van der Waals surface area contributed by atoms with E-state index >= 15 is 0 Å². The van der Waals surface area contributed by atoms with E-state index < -0.39 is 12.2 Å². The Kier molecular flexibility index (Phi) is 5.25. The monoisotopic (exact) mass is 257 g/mol. The van der Waals surface area contributed by atoms with Gasteiger partial charge in [-0.05, 0) is 13.0 Å². The zero-order chi connectivity index (χ0) is 12.8. The Morgan fingerprint density at radius 3 is 2.59 bits per heavy atom. The van der Waals surface area contributed by atoms with Gasteiger partial charge >= 0.3 is 6.09 Å². The summed E-state index contributed by atoms with van der Waals surface area (Å²) in [5.41, 5.74) is 0.799. The highest BCUT2D eigenvalue weighted by molar-refractivity contribution is 6.31. The fraction of sp³-hybridized carbons (Fsp3) is 0.417. The van der Waals surface area contributed by atoms with Crippen LogP contribution < -0.4 is 5.32 Å². The highest BCUT2D eigenvalue weighted by atomic mass is 35.5. The zero-order valence-corrected chi connectivity index (χ0v) is 10.8. The average Bonchev–Trinajstić information content (AvgIpc) is 2.32. The fourth-order valence-corrected chi connectivity index (χ4v) is 1.81. The van der Waals surface area contributed by atoms with Crippen molar-refractivity contribution in [2.75, 3.05) is 14.2 Å². The number of hydrogen-bond acceptors (Lipinski definition) is 3. The number of carbonyl (C=O) groups is 1. The lowest BCUT2D eigenvalue weighted by atomic mass is 10.1. The van der Waals surface area contributed by atoms with Gasteiger partial charge in [0.1, 0.15) is 12.2 Å². The lowest BCUT2D eigenvalue weighted by Gasteiger charge is -2.23. The molecule has 1 aromatic rings. The van der Waals surface area contributed by atoms with Crippen LogP contribution in [0.2, 0.25) is 5.02 Å². The van der Waals surface area contributed by atoms with Gasteiger partial charge in [0.05, 0.1) is 0 Å². The molecule has 0 radical (unpaired) electrons. The minimum atomic E-state index is -0.494. The number of alkyl carbamates (subject to hydrolysis) is 1. The summed E-state index contributed by atoms with van der Waals surface area (Å²) in [5.74, 6) is 0. The fourth-order valence-electron chi connectivity index (χ4n) is 1.57. The lowest BCUT2D eigenvalue weighted by Crippen LogP contribution is -2.29. The number of hydrogen-bond donors (Lipinski definition) is 1. The van der Waals surface area contributed by atoms with E-state index in [1.54, 1.807) is 20.1 Å². The Bertz CT molecular complexity index is 384. The van der Waals surface area contributed by atoms with Crippen LogP contribution >= 0.6 is 11.6 Å². The van der Waals surface area contributed by atoms with E-state index in [-0.39, 0.29) is 6.10 Å². The molecule has 0 aliphatic heterocycles. The van der Waals surface area contributed by atoms with Crippen LogP contribution in [-0.4, -0.2) is 26.4 Å². The molecule has 1 rings (SSSR count). The molecule has 0 saturated heterocycles. The number of amides is 1. The number of halogens is 1. The third-order valence-electron chi connectivity index (χ3n) is 2.39. The van der Waals surface area contributed by atoms with Gasteiger partial charge in [-0.2, -0.15) is 0 Å². The molecule has 1 N–H and O–H groups in total. The summed E-state index contributed by atoms with van der Waals surface area (Å²) in [4.78, 5) is 11.1. The van der Waals surface area contributed by atoms with Crippen molar-refractivity contribution in [1.29, 1.82) is 0 Å². The number of methoxy groups -OCH3 is 1. The zero-order valence-electron chi connectivity index (χ0n) is 10.1. The lowest BCUT2D eigenvalue weighted by molar-refractivity contribution is -0.0142. The molecule has 94 valence electrons. The van der Waals surface area contributed by atoms with Crippen molar-refractivity contribution in [2.24, 2.45) is 0 Å². The van der Waals surface area contributed by atoms with Crippen molar-refractivity contribution >= 4 is 17.7 Å². The van der Waals surface area contributed by atoms with E-state index in [0.29, 0.717) is 5.02 Å². The van der Waals surface area contributed by atoms with Gasteiger partial charge in [0.15, 0.2) is 0 Å². The SMILES string of the molecule is CNC(=O)O[C@H](C)[C@H](OC)c1ccccc1Cl. The first kappa shape index (κ1) is 13.8. The molecular formula is C12H16ClNO3. The van der Waals surface area contributed by atoms with Crippen LogP contribution in [0.4, 0.5) is 4.79 Å². The number of ether oxygens (including phenoxy) is 2. The van der Waals surface area contributed by atoms with Crippen molar-refractivity contribution < 1.29 is 14.3 Å². The molecule has 0 heterocycles. The van der Waals surface area contributed by atoms with Crippen LogP contribution in [0.5, 0.6) is 0 Å². The maximum Gasteiger partial charge on any atom is 0.407 e. The predicted molar refractivity (Wildman–Crippen MR) is 66.2 cm³/mol. The van der Waals surface area contributed by atoms with Crippen LogP contribution in [0.1, 0.15) is 18.6 Å². The minimum Gasteiger partial charge on any atom is -0.443 e. The second kappa shape index (κ2) is 6.47. The molecule has 5 heteroatoms. The molecule has 2 atom stereocenters. The van der Waals surface area contributed by atoms with Crippen molar-refractivity contribution in [3.8, 4) is 0 Å². The predicted octanol–water partition coefficient (Wildman–Crippen LogP) is 2.77. The molecule has 4 nitrogen and oxygen atoms in total. The molecule has 0 bridgehead atoms. The number of rotatable bonds is 4. The van der Waals surface area contributed by atoms with Crippen LogP contribution in [0.3, 0.4) is 0 Å². The second-order valence-corrected chi connectivity index (χ2v) is 3.95. The van der Waals surface area contributed by atoms with Crippen LogP contribution in [0.15, 0.2) is 24.3 Å². The third kappa shape index (κ3) is 3.61. The summed E-state index contributed by atoms with van der Waals surface area (Å²) >= 11 is 6.08. The first-order valence-electron chi connectivity index (χ1n) is 5.25. The van der Waals surface area contributed by atoms with E-state index in [2.05, 4.69) is 5.32 Å². The van der Waals surface area contributed by atoms with Gasteiger partial charge in [0, 0.05) is 24.7 Å². The van der Waals surface area contributed by atoms with Crippen molar-refractivity contribution in [3.05, 3.63) is 34.9 Å². The average molecular weight is 258 g/mol. The number of nitrogens with one attached hydrogen (secondary N) is 1. The Labute approximate surface area is 106 Å². The quantitative estimate of drug-likeness (QED) is 0.902. The van der Waals surface area contributed by atoms with Gasteiger partial charge < -0.3 is 14.8 Å². The van der Waals surface area contributed by atoms with Crippen molar-refractivity contribution in [3.63, 3.8) is 0 Å². The van der Waals surface area contributed by atoms with Gasteiger partial charge in [0.2, 0.25) is 0 Å². The maximum absolute atomic E-state index is 11.1. The van der Waals surface area contributed by atoms with Crippen LogP contribution in [-0.2, 0) is 9.47 Å². The first-order chi connectivity index (χ1) is 8.10. The second-order valence-electron chi connectivity index (χ2n) is 3.54. The van der Waals surface area contributed by atoms with E-state index in [1.165, 1.54) is 7.05 Å². The highest BCUT2D eigenvalue weighted by Gasteiger charge is 2.23. The van der Waals surface area contributed by atoms with E-state index in [0.717, 1.165) is 5.56 Å². The molecule has 0 spiro atoms. The summed E-state index contributed by atoms with van der Waals surface area (Å²) < 4.78 is 10.5. The van der Waals surface area contributed by atoms with E-state index in [1.807, 2.05) is 18.2 Å². The highest BCUT2D eigenvalue weighted by Crippen LogP contribution is 2.28. The Hall–Kier alpha value is -1.26. The van der Waals surface area contributed by atoms with Gasteiger partial charge in [-0.1, -0.05) is 29.8 Å². The number of benzene rings is 1. The topological polar surface area (TPSA) is 47.6 Å². The number of carbonyl (C=O) groups excluding carboxylic acids is 1. The largest absolute Gasteiger partial charge is 0.443 e. The molecule has 0 aliphatic rings. The Morgan fingerprint density at radius 2 is 2.06 bits per heavy atom. The van der Waals surface area contributed by atoms with Gasteiger partial charge in [-0.15, -0.1) is 0 Å². The molecular weight excluding hydrogens is 242 g/mol. The molecule has 0 unspecified atom stereocenters. The molecule has 1 aromatic carbocycles. The summed E-state index contributed by atoms with van der Waals surface area (Å²) in [6.07, 6.45) is -1.31. The Balaban J connectivity index is 2.84. The summed E-state index contributed by atoms with van der Waals surface area (Å²) in [5, 5.41) is 2.98. The van der Waals surface area contributed by atoms with Crippen LogP contribution in [0, 0.1) is 0 Å². The summed E-state index contributed by atoms with van der Waals surface area (Å²) in [6, 6.07) is 7.32. The standard InChI is InChI=1S/C12H16ClNO3/c1-8(17-12(15)14-2)11(16-3)9-6-4-5-7-10(9)13/h4-8,11H,1-3H3,(H,14,15)/t8-,11+/m1/s1. The molecule has 17 heavy (non-hydrogen) atoms. The third-order valence-corrected chi connectivity index (χ3v) is 2.73. The molecule has 0 fully saturated rings. The molecule has 0 saturated carbocycles. The minimum absolute atomic E-state index is 0.388. The summed E-state index contributed by atoms with van der Waals surface area (Å²) in [6.45, 7) is 1.76. The maximum atomic E-state index is 11.1. The van der Waals surface area contributed by atoms with Crippen molar-refractivity contribution in [1.82, 2.24) is 5.32 Å². The van der Waals surface area contributed by atoms with Crippen LogP contribution in [0.25, 0.3) is 0 Å². The van der Waals surface area contributed by atoms with E-state index in [4.69, 9.17) is 21.1 Å². The summed E-state index contributed by atoms with van der Waals surface area (Å²) in [7, 11) is 3.06. The van der Waals surface area contributed by atoms with Gasteiger partial charge in [-0.25, -0.2) is 4.79 Å². The first-order valence-corrected chi connectivity index (χ1v) is 5.63. The van der Waals surface area contributed by atoms with Crippen molar-refractivity contribution in [2.45, 2.75) is 19.1 Å². The van der Waals surface area contributed by atoms with E-state index in [9.17, 15) is 4.79 Å². The smallest absolute Gasteiger partial charge is 0.407 e. The Morgan fingerprint density at radius 1 is 1.41 bits per heavy atom. The molecule has 0 aliphatic carbocycles.